The minimum absolute atomic E-state index is 0.0911. The molecule has 0 bridgehead atoms. The van der Waals surface area contributed by atoms with Gasteiger partial charge in [0.2, 0.25) is 0 Å². The minimum atomic E-state index is -0.729. The van der Waals surface area contributed by atoms with Crippen LogP contribution < -0.4 is 0 Å². The third-order valence-corrected chi connectivity index (χ3v) is 7.07. The normalized spacial score (nSPS) is 12.7. The molecule has 4 heteroatoms. The molecule has 0 saturated heterocycles. The maximum absolute atomic E-state index is 12.5. The fraction of sp³-hybridized carbons (Fsp3) is 0.771. The van der Waals surface area contributed by atoms with Crippen molar-refractivity contribution >= 4 is 11.9 Å². The Morgan fingerprint density at radius 1 is 0.590 bits per heavy atom. The Kier molecular flexibility index (Phi) is 29.2. The summed E-state index contributed by atoms with van der Waals surface area (Å²) < 4.78 is 5.81. The second-order valence-corrected chi connectivity index (χ2v) is 11.0. The molecule has 0 spiro atoms. The highest BCUT2D eigenvalue weighted by Gasteiger charge is 2.11. The summed E-state index contributed by atoms with van der Waals surface area (Å²) in [5.41, 5.74) is 0. The molecule has 0 aromatic carbocycles. The molecule has 0 saturated carbocycles. The van der Waals surface area contributed by atoms with Crippen LogP contribution in [-0.4, -0.2) is 23.1 Å². The average Bonchev–Trinajstić information content (AvgIpc) is 2.91. The van der Waals surface area contributed by atoms with Crippen LogP contribution in [0, 0.1) is 0 Å². The Morgan fingerprint density at radius 2 is 1.10 bits per heavy atom. The molecule has 0 aliphatic carbocycles. The first kappa shape index (κ1) is 37.2. The maximum Gasteiger partial charge on any atom is 0.306 e. The Balaban J connectivity index is 4.03. The minimum Gasteiger partial charge on any atom is -0.481 e. The summed E-state index contributed by atoms with van der Waals surface area (Å²) in [5, 5.41) is 8.78. The molecule has 1 atom stereocenters. The molecule has 0 fully saturated rings. The summed E-state index contributed by atoms with van der Waals surface area (Å²) >= 11 is 0. The van der Waals surface area contributed by atoms with Crippen LogP contribution in [0.1, 0.15) is 168 Å². The molecule has 0 amide bonds. The van der Waals surface area contributed by atoms with Crippen molar-refractivity contribution in [1.82, 2.24) is 0 Å². The summed E-state index contributed by atoms with van der Waals surface area (Å²) in [4.78, 5) is 23.1. The van der Waals surface area contributed by atoms with E-state index in [1.807, 2.05) is 6.08 Å². The van der Waals surface area contributed by atoms with Crippen LogP contribution in [0.2, 0.25) is 0 Å². The fourth-order valence-corrected chi connectivity index (χ4v) is 4.58. The molecule has 0 radical (unpaired) electrons. The highest BCUT2D eigenvalue weighted by atomic mass is 16.5. The van der Waals surface area contributed by atoms with E-state index < -0.39 is 5.97 Å². The number of hydrogen-bond donors (Lipinski definition) is 1. The predicted octanol–water partition coefficient (Wildman–Crippen LogP) is 11.1. The van der Waals surface area contributed by atoms with Gasteiger partial charge in [-0.3, -0.25) is 9.59 Å². The third kappa shape index (κ3) is 30.6. The second kappa shape index (κ2) is 30.7. The van der Waals surface area contributed by atoms with Crippen molar-refractivity contribution < 1.29 is 19.4 Å². The van der Waals surface area contributed by atoms with Gasteiger partial charge in [-0.25, -0.2) is 0 Å². The second-order valence-electron chi connectivity index (χ2n) is 11.0. The van der Waals surface area contributed by atoms with E-state index >= 15 is 0 Å². The van der Waals surface area contributed by atoms with Gasteiger partial charge in [0, 0.05) is 12.8 Å². The molecule has 0 aliphatic rings. The fourth-order valence-electron chi connectivity index (χ4n) is 4.58. The van der Waals surface area contributed by atoms with Gasteiger partial charge in [-0.05, 0) is 70.3 Å². The van der Waals surface area contributed by atoms with Crippen molar-refractivity contribution in [3.8, 4) is 0 Å². The van der Waals surface area contributed by atoms with Gasteiger partial charge in [0.1, 0.15) is 6.10 Å². The Bertz CT molecular complexity index is 635. The third-order valence-electron chi connectivity index (χ3n) is 7.07. The molecule has 39 heavy (non-hydrogen) atoms. The molecule has 0 heterocycles. The molecule has 0 rings (SSSR count). The highest BCUT2D eigenvalue weighted by Crippen LogP contribution is 2.14. The molecular weight excluding hydrogens is 484 g/mol. The van der Waals surface area contributed by atoms with Crippen LogP contribution in [0.15, 0.2) is 36.5 Å². The van der Waals surface area contributed by atoms with E-state index in [9.17, 15) is 9.59 Å². The number of carboxylic acid groups (broad SMARTS) is 1. The standard InChI is InChI=1S/C35H62O4/c1-3-5-7-9-11-12-13-14-15-16-17-18-20-22-28-32-35(38)39-33(29-25-21-19-10-8-6-4-2)30-26-23-24-27-31-34(36)37/h10,14-15,19,25,29,33H,3-9,11-13,16-18,20-24,26-28,30-32H2,1-2H3,(H,36,37)/b15-14-,19-10-,29-25-. The SMILES string of the molecule is CCCC/C=C\C/C=C\C(CCCCCCC(=O)O)OC(=O)CCCCCCC/C=C\CCCCCCCC. The number of ether oxygens (including phenoxy) is 1. The van der Waals surface area contributed by atoms with Crippen LogP contribution >= 0.6 is 0 Å². The molecule has 4 nitrogen and oxygen atoms in total. The van der Waals surface area contributed by atoms with E-state index in [4.69, 9.17) is 9.84 Å². The monoisotopic (exact) mass is 546 g/mol. The lowest BCUT2D eigenvalue weighted by Crippen LogP contribution is -2.16. The Hall–Kier alpha value is -1.84. The van der Waals surface area contributed by atoms with Crippen molar-refractivity contribution in [2.45, 2.75) is 174 Å². The molecule has 226 valence electrons. The van der Waals surface area contributed by atoms with Gasteiger partial charge in [-0.2, -0.15) is 0 Å². The van der Waals surface area contributed by atoms with Crippen LogP contribution in [-0.2, 0) is 14.3 Å². The summed E-state index contributed by atoms with van der Waals surface area (Å²) in [6, 6.07) is 0. The Morgan fingerprint density at radius 3 is 1.74 bits per heavy atom. The van der Waals surface area contributed by atoms with Crippen molar-refractivity contribution in [2.75, 3.05) is 0 Å². The van der Waals surface area contributed by atoms with E-state index in [1.54, 1.807) is 0 Å². The lowest BCUT2D eigenvalue weighted by molar-refractivity contribution is -0.147. The lowest BCUT2D eigenvalue weighted by Gasteiger charge is -2.14. The number of rotatable bonds is 29. The quantitative estimate of drug-likeness (QED) is 0.0575. The number of unbranched alkanes of at least 4 members (excludes halogenated alkanes) is 16. The van der Waals surface area contributed by atoms with Crippen LogP contribution in [0.3, 0.4) is 0 Å². The largest absolute Gasteiger partial charge is 0.481 e. The summed E-state index contributed by atoms with van der Waals surface area (Å²) in [5.74, 6) is -0.820. The first-order valence-electron chi connectivity index (χ1n) is 16.5. The van der Waals surface area contributed by atoms with E-state index in [-0.39, 0.29) is 18.5 Å². The van der Waals surface area contributed by atoms with Gasteiger partial charge in [0.15, 0.2) is 0 Å². The van der Waals surface area contributed by atoms with E-state index in [0.717, 1.165) is 51.4 Å². The summed E-state index contributed by atoms with van der Waals surface area (Å²) in [6.07, 6.45) is 38.8. The zero-order chi connectivity index (χ0) is 28.7. The number of carboxylic acids is 1. The zero-order valence-corrected chi connectivity index (χ0v) is 25.7. The predicted molar refractivity (Wildman–Crippen MR) is 167 cm³/mol. The maximum atomic E-state index is 12.5. The topological polar surface area (TPSA) is 63.6 Å². The lowest BCUT2D eigenvalue weighted by atomic mass is 10.1. The number of allylic oxidation sites excluding steroid dienone is 5. The molecule has 0 aromatic rings. The number of aliphatic carboxylic acids is 1. The highest BCUT2D eigenvalue weighted by molar-refractivity contribution is 5.69. The van der Waals surface area contributed by atoms with Crippen molar-refractivity contribution in [1.29, 1.82) is 0 Å². The number of hydrogen-bond acceptors (Lipinski definition) is 3. The van der Waals surface area contributed by atoms with Crippen molar-refractivity contribution in [2.24, 2.45) is 0 Å². The first-order valence-corrected chi connectivity index (χ1v) is 16.5. The Labute approximate surface area is 241 Å². The van der Waals surface area contributed by atoms with Crippen molar-refractivity contribution in [3.05, 3.63) is 36.5 Å². The summed E-state index contributed by atoms with van der Waals surface area (Å²) in [7, 11) is 0. The zero-order valence-electron chi connectivity index (χ0n) is 25.7. The molecule has 1 N–H and O–H groups in total. The smallest absolute Gasteiger partial charge is 0.306 e. The number of carbonyl (C=O) groups excluding carboxylic acids is 1. The van der Waals surface area contributed by atoms with E-state index in [1.165, 1.54) is 83.5 Å². The van der Waals surface area contributed by atoms with Gasteiger partial charge < -0.3 is 9.84 Å². The van der Waals surface area contributed by atoms with E-state index in [0.29, 0.717) is 12.8 Å². The van der Waals surface area contributed by atoms with Gasteiger partial charge >= 0.3 is 11.9 Å². The number of esters is 1. The molecule has 0 aliphatic heterocycles. The molecular formula is C35H62O4. The van der Waals surface area contributed by atoms with Gasteiger partial charge in [0.05, 0.1) is 0 Å². The van der Waals surface area contributed by atoms with Gasteiger partial charge in [-0.1, -0.05) is 121 Å². The molecule has 1 unspecified atom stereocenters. The van der Waals surface area contributed by atoms with Gasteiger partial charge in [-0.15, -0.1) is 0 Å². The number of carbonyl (C=O) groups is 2. The average molecular weight is 547 g/mol. The van der Waals surface area contributed by atoms with Crippen LogP contribution in [0.4, 0.5) is 0 Å². The van der Waals surface area contributed by atoms with Gasteiger partial charge in [0.25, 0.3) is 0 Å². The van der Waals surface area contributed by atoms with Crippen LogP contribution in [0.5, 0.6) is 0 Å². The summed E-state index contributed by atoms with van der Waals surface area (Å²) in [6.45, 7) is 4.46. The van der Waals surface area contributed by atoms with Crippen molar-refractivity contribution in [3.63, 3.8) is 0 Å². The first-order chi connectivity index (χ1) is 19.1. The molecule has 0 aromatic heterocycles. The van der Waals surface area contributed by atoms with Crippen LogP contribution in [0.25, 0.3) is 0 Å². The van der Waals surface area contributed by atoms with E-state index in [2.05, 4.69) is 44.2 Å².